The van der Waals surface area contributed by atoms with Gasteiger partial charge in [-0.1, -0.05) is 260 Å². The van der Waals surface area contributed by atoms with Gasteiger partial charge in [0.05, 0.1) is 26.4 Å². The number of hydrogen-bond acceptors (Lipinski definition) is 15. The van der Waals surface area contributed by atoms with Crippen molar-refractivity contribution in [2.75, 3.05) is 39.6 Å². The maximum Gasteiger partial charge on any atom is 0.472 e. The van der Waals surface area contributed by atoms with Gasteiger partial charge in [0.2, 0.25) is 0 Å². The number of phosphoric acid groups is 2. The van der Waals surface area contributed by atoms with Crippen molar-refractivity contribution in [1.29, 1.82) is 0 Å². The molecule has 82 heavy (non-hydrogen) atoms. The number of carbonyl (C=O) groups is 4. The molecule has 0 bridgehead atoms. The molecule has 0 saturated heterocycles. The first kappa shape index (κ1) is 80.1. The molecule has 0 aromatic carbocycles. The third-order valence-corrected chi connectivity index (χ3v) is 17.1. The zero-order chi connectivity index (χ0) is 60.8. The van der Waals surface area contributed by atoms with Crippen LogP contribution in [0.15, 0.2) is 0 Å². The zero-order valence-electron chi connectivity index (χ0n) is 52.8. The van der Waals surface area contributed by atoms with Gasteiger partial charge in [-0.25, -0.2) is 9.13 Å². The minimum atomic E-state index is -4.94. The van der Waals surface area contributed by atoms with Gasteiger partial charge in [-0.2, -0.15) is 0 Å². The molecule has 0 aliphatic heterocycles. The number of hydrogen-bond donors (Lipinski definition) is 3. The molecule has 0 aliphatic rings. The van der Waals surface area contributed by atoms with Gasteiger partial charge in [-0.05, 0) is 37.5 Å². The largest absolute Gasteiger partial charge is 0.472 e. The first-order valence-corrected chi connectivity index (χ1v) is 36.1. The number of rotatable bonds is 62. The first-order chi connectivity index (χ1) is 39.4. The van der Waals surface area contributed by atoms with Crippen LogP contribution in [0.25, 0.3) is 0 Å². The molecule has 0 saturated carbocycles. The highest BCUT2D eigenvalue weighted by atomic mass is 31.2. The van der Waals surface area contributed by atoms with Gasteiger partial charge in [0.25, 0.3) is 0 Å². The van der Waals surface area contributed by atoms with E-state index in [1.807, 2.05) is 0 Å². The molecule has 486 valence electrons. The molecule has 0 radical (unpaired) electrons. The smallest absolute Gasteiger partial charge is 0.462 e. The number of carbonyl (C=O) groups excluding carboxylic acids is 4. The first-order valence-electron chi connectivity index (χ1n) is 33.1. The molecule has 0 spiro atoms. The topological polar surface area (TPSA) is 237 Å². The van der Waals surface area contributed by atoms with Crippen LogP contribution < -0.4 is 0 Å². The van der Waals surface area contributed by atoms with Crippen LogP contribution in [-0.4, -0.2) is 96.7 Å². The van der Waals surface area contributed by atoms with Crippen molar-refractivity contribution >= 4 is 39.5 Å². The van der Waals surface area contributed by atoms with E-state index in [2.05, 4.69) is 41.5 Å². The summed E-state index contributed by atoms with van der Waals surface area (Å²) in [6.07, 6.45) is 37.5. The van der Waals surface area contributed by atoms with Crippen LogP contribution >= 0.6 is 15.6 Å². The molecule has 17 nitrogen and oxygen atoms in total. The number of aliphatic hydroxyl groups excluding tert-OH is 1. The summed E-state index contributed by atoms with van der Waals surface area (Å²) in [4.78, 5) is 72.0. The van der Waals surface area contributed by atoms with Gasteiger partial charge in [0.15, 0.2) is 12.2 Å². The van der Waals surface area contributed by atoms with Crippen LogP contribution in [0.4, 0.5) is 0 Å². The van der Waals surface area contributed by atoms with Gasteiger partial charge in [-0.15, -0.1) is 0 Å². The summed E-state index contributed by atoms with van der Waals surface area (Å²) in [5.74, 6) is -0.559. The summed E-state index contributed by atoms with van der Waals surface area (Å²) >= 11 is 0. The van der Waals surface area contributed by atoms with Crippen molar-refractivity contribution in [1.82, 2.24) is 0 Å². The van der Waals surface area contributed by atoms with Crippen LogP contribution in [-0.2, 0) is 65.4 Å². The van der Waals surface area contributed by atoms with E-state index in [1.54, 1.807) is 0 Å². The third kappa shape index (κ3) is 54.7. The fourth-order valence-electron chi connectivity index (χ4n) is 9.29. The van der Waals surface area contributed by atoms with Crippen LogP contribution in [0.1, 0.15) is 311 Å². The number of ether oxygens (including phenoxy) is 4. The Morgan fingerprint density at radius 1 is 0.341 bits per heavy atom. The summed E-state index contributed by atoms with van der Waals surface area (Å²) in [7, 11) is -9.88. The van der Waals surface area contributed by atoms with Gasteiger partial charge >= 0.3 is 39.5 Å². The molecule has 4 unspecified atom stereocenters. The van der Waals surface area contributed by atoms with Crippen LogP contribution in [0.5, 0.6) is 0 Å². The maximum atomic E-state index is 13.0. The number of unbranched alkanes of at least 4 members (excludes halogenated alkanes) is 30. The van der Waals surface area contributed by atoms with Crippen molar-refractivity contribution in [2.45, 2.75) is 330 Å². The van der Waals surface area contributed by atoms with Crippen molar-refractivity contribution in [2.24, 2.45) is 11.8 Å². The molecule has 7 atom stereocenters. The molecule has 0 fully saturated rings. The molecular weight excluding hydrogens is 1090 g/mol. The quantitative estimate of drug-likeness (QED) is 0.0222. The second-order valence-corrected chi connectivity index (χ2v) is 26.2. The lowest BCUT2D eigenvalue weighted by atomic mass is 9.99. The summed E-state index contributed by atoms with van der Waals surface area (Å²) in [6, 6.07) is 0. The Bertz CT molecular complexity index is 1620. The summed E-state index contributed by atoms with van der Waals surface area (Å²) in [6.45, 7) is 9.46. The average Bonchev–Trinajstić information content (AvgIpc) is 3.45. The van der Waals surface area contributed by atoms with E-state index >= 15 is 0 Å². The Morgan fingerprint density at radius 2 is 0.585 bits per heavy atom. The zero-order valence-corrected chi connectivity index (χ0v) is 54.6. The van der Waals surface area contributed by atoms with Crippen LogP contribution in [0.2, 0.25) is 0 Å². The number of esters is 4. The molecule has 0 rings (SSSR count). The second kappa shape index (κ2) is 55.6. The maximum absolute atomic E-state index is 13.0. The number of phosphoric ester groups is 2. The Kier molecular flexibility index (Phi) is 54.3. The lowest BCUT2D eigenvalue weighted by Crippen LogP contribution is -2.30. The van der Waals surface area contributed by atoms with Crippen LogP contribution in [0.3, 0.4) is 0 Å². The highest BCUT2D eigenvalue weighted by molar-refractivity contribution is 7.47. The van der Waals surface area contributed by atoms with Gasteiger partial charge in [0, 0.05) is 25.7 Å². The fraction of sp³-hybridized carbons (Fsp3) is 0.937. The fourth-order valence-corrected chi connectivity index (χ4v) is 10.9. The lowest BCUT2D eigenvalue weighted by molar-refractivity contribution is -0.161. The normalized spacial score (nSPS) is 15.0. The van der Waals surface area contributed by atoms with E-state index in [4.69, 9.17) is 37.0 Å². The molecule has 19 heteroatoms. The molecule has 0 heterocycles. The molecule has 0 aromatic rings. The summed E-state index contributed by atoms with van der Waals surface area (Å²) in [5.41, 5.74) is 0. The highest BCUT2D eigenvalue weighted by Crippen LogP contribution is 2.45. The Morgan fingerprint density at radius 3 is 0.866 bits per heavy atom. The minimum Gasteiger partial charge on any atom is -0.462 e. The van der Waals surface area contributed by atoms with E-state index in [1.165, 1.54) is 116 Å². The molecule has 0 aliphatic carbocycles. The minimum absolute atomic E-state index is 0.104. The van der Waals surface area contributed by atoms with E-state index in [0.717, 1.165) is 115 Å². The summed E-state index contributed by atoms with van der Waals surface area (Å²) in [5, 5.41) is 10.5. The lowest BCUT2D eigenvalue weighted by Gasteiger charge is -2.21. The van der Waals surface area contributed by atoms with Crippen molar-refractivity contribution in [3.8, 4) is 0 Å². The highest BCUT2D eigenvalue weighted by Gasteiger charge is 2.30. The SMILES string of the molecule is CCCCCCCCCCC(=O)OC[C@H](COP(=O)(O)OC[C@H](O)COP(=O)(O)OC[C@@H](COC(=O)CCCCCCCCCCC(C)CC)OC(=O)CCCCCCCCCCCCC(C)CC)OC(=O)CCCCCCCCCC. The van der Waals surface area contributed by atoms with Crippen molar-refractivity contribution < 1.29 is 80.2 Å². The predicted octanol–water partition coefficient (Wildman–Crippen LogP) is 17.3. The predicted molar refractivity (Wildman–Crippen MR) is 326 cm³/mol. The Labute approximate surface area is 498 Å². The van der Waals surface area contributed by atoms with E-state index in [0.29, 0.717) is 25.7 Å². The monoisotopic (exact) mass is 1210 g/mol. The summed E-state index contributed by atoms with van der Waals surface area (Å²) < 4.78 is 67.9. The van der Waals surface area contributed by atoms with E-state index in [9.17, 15) is 43.2 Å². The van der Waals surface area contributed by atoms with Crippen molar-refractivity contribution in [3.05, 3.63) is 0 Å². The molecule has 3 N–H and O–H groups in total. The Hall–Kier alpha value is -1.94. The average molecular weight is 1210 g/mol. The van der Waals surface area contributed by atoms with Gasteiger partial charge in [-0.3, -0.25) is 37.3 Å². The Balaban J connectivity index is 5.22. The third-order valence-electron chi connectivity index (χ3n) is 15.2. The van der Waals surface area contributed by atoms with Crippen molar-refractivity contribution in [3.63, 3.8) is 0 Å². The standard InChI is InChI=1S/C63H122O17P2/c1-7-11-13-15-17-27-33-39-45-60(65)73-51-58(79-62(67)47-41-35-28-18-16-14-12-8-2)53-77-81(69,70)75-49-57(64)50-76-82(71,72)78-54-59(52-74-61(66)46-40-34-29-24-23-26-32-38-44-56(6)10-4)80-63(68)48-42-36-30-22-20-19-21-25-31-37-43-55(5)9-3/h55-59,64H,7-54H2,1-6H3,(H,69,70)(H,71,72)/t55?,56?,57-,58+,59+/m0/s1. The molecular formula is C63H122O17P2. The number of aliphatic hydroxyl groups is 1. The molecule has 0 amide bonds. The second-order valence-electron chi connectivity index (χ2n) is 23.3. The van der Waals surface area contributed by atoms with Crippen LogP contribution in [0, 0.1) is 11.8 Å². The van der Waals surface area contributed by atoms with E-state index in [-0.39, 0.29) is 25.7 Å². The molecule has 0 aromatic heterocycles. The van der Waals surface area contributed by atoms with Gasteiger partial charge in [0.1, 0.15) is 19.3 Å². The van der Waals surface area contributed by atoms with Gasteiger partial charge < -0.3 is 33.8 Å². The van der Waals surface area contributed by atoms with E-state index < -0.39 is 97.5 Å².